The Hall–Kier alpha value is -2.86. The third kappa shape index (κ3) is 6.22. The van der Waals surface area contributed by atoms with Gasteiger partial charge >= 0.3 is 0 Å². The van der Waals surface area contributed by atoms with E-state index in [0.717, 1.165) is 16.9 Å². The van der Waals surface area contributed by atoms with Gasteiger partial charge in [-0.15, -0.1) is 0 Å². The molecule has 26 heavy (non-hydrogen) atoms. The van der Waals surface area contributed by atoms with Crippen LogP contribution in [0, 0.1) is 0 Å². The Labute approximate surface area is 153 Å². The molecule has 2 rings (SSSR count). The van der Waals surface area contributed by atoms with Crippen LogP contribution in [0.15, 0.2) is 48.5 Å². The maximum absolute atomic E-state index is 11.6. The number of nitrogens with one attached hydrogen (secondary N) is 1. The fourth-order valence-electron chi connectivity index (χ4n) is 2.37. The van der Waals surface area contributed by atoms with E-state index < -0.39 is 5.91 Å². The minimum Gasteiger partial charge on any atom is -0.457 e. The molecular weight excluding hydrogens is 332 g/mol. The molecule has 0 saturated carbocycles. The molecule has 0 unspecified atom stereocenters. The lowest BCUT2D eigenvalue weighted by molar-refractivity contribution is -0.129. The lowest BCUT2D eigenvalue weighted by Gasteiger charge is -2.10. The molecule has 2 aromatic carbocycles. The molecule has 0 atom stereocenters. The molecule has 0 saturated heterocycles. The summed E-state index contributed by atoms with van der Waals surface area (Å²) in [7, 11) is 3.51. The molecule has 0 heterocycles. The predicted octanol–water partition coefficient (Wildman–Crippen LogP) is 2.94. The Kier molecular flexibility index (Phi) is 7.17. The molecule has 0 aliphatic carbocycles. The summed E-state index contributed by atoms with van der Waals surface area (Å²) < 4.78 is 5.80. The molecule has 0 aromatic heterocycles. The smallest absolute Gasteiger partial charge is 0.243 e. The van der Waals surface area contributed by atoms with Gasteiger partial charge in [0.2, 0.25) is 11.8 Å². The van der Waals surface area contributed by atoms with Crippen molar-refractivity contribution in [1.82, 2.24) is 10.4 Å². The number of carbonyl (C=O) groups is 2. The third-order valence-corrected chi connectivity index (χ3v) is 3.97. The molecule has 0 spiro atoms. The summed E-state index contributed by atoms with van der Waals surface area (Å²) in [6.45, 7) is 0. The van der Waals surface area contributed by atoms with Gasteiger partial charge < -0.3 is 9.64 Å². The van der Waals surface area contributed by atoms with E-state index in [-0.39, 0.29) is 12.3 Å². The highest BCUT2D eigenvalue weighted by Gasteiger charge is 2.05. The molecule has 0 aliphatic heterocycles. The zero-order valence-corrected chi connectivity index (χ0v) is 15.1. The molecular formula is C20H24N2O4. The van der Waals surface area contributed by atoms with Crippen molar-refractivity contribution in [3.05, 3.63) is 59.7 Å². The van der Waals surface area contributed by atoms with Crippen molar-refractivity contribution >= 4 is 11.8 Å². The summed E-state index contributed by atoms with van der Waals surface area (Å²) in [4.78, 5) is 24.2. The summed E-state index contributed by atoms with van der Waals surface area (Å²) in [5, 5.41) is 8.49. The minimum absolute atomic E-state index is 0.113. The lowest BCUT2D eigenvalue weighted by atomic mass is 10.1. The van der Waals surface area contributed by atoms with Gasteiger partial charge in [-0.3, -0.25) is 14.8 Å². The van der Waals surface area contributed by atoms with Gasteiger partial charge in [0.25, 0.3) is 0 Å². The SMILES string of the molecule is CN(C)C(=O)CCc1ccc(Oc2ccc(CCC(=O)NO)cc2)cc1. The molecule has 0 radical (unpaired) electrons. The fourth-order valence-corrected chi connectivity index (χ4v) is 2.37. The van der Waals surface area contributed by atoms with Gasteiger partial charge in [-0.1, -0.05) is 24.3 Å². The molecule has 2 N–H and O–H groups in total. The number of hydrogen-bond donors (Lipinski definition) is 2. The zero-order chi connectivity index (χ0) is 18.9. The van der Waals surface area contributed by atoms with Crippen LogP contribution in [0.2, 0.25) is 0 Å². The number of nitrogens with zero attached hydrogens (tertiary/aromatic N) is 1. The Bertz CT molecular complexity index is 724. The van der Waals surface area contributed by atoms with E-state index in [1.165, 1.54) is 0 Å². The Morgan fingerprint density at radius 2 is 1.35 bits per heavy atom. The number of rotatable bonds is 8. The van der Waals surface area contributed by atoms with Crippen LogP contribution in [0.1, 0.15) is 24.0 Å². The standard InChI is InChI=1S/C20H24N2O4/c1-22(2)20(24)14-8-16-5-11-18(12-6-16)26-17-9-3-15(4-10-17)7-13-19(23)21-25/h3-6,9-12,25H,7-8,13-14H2,1-2H3,(H,21,23). The van der Waals surface area contributed by atoms with Crippen LogP contribution in [0.25, 0.3) is 0 Å². The second kappa shape index (κ2) is 9.58. The molecule has 2 amide bonds. The van der Waals surface area contributed by atoms with Crippen LogP contribution in [0.5, 0.6) is 11.5 Å². The topological polar surface area (TPSA) is 78.9 Å². The highest BCUT2D eigenvalue weighted by molar-refractivity contribution is 5.75. The third-order valence-electron chi connectivity index (χ3n) is 3.97. The maximum Gasteiger partial charge on any atom is 0.243 e. The normalized spacial score (nSPS) is 10.3. The number of ether oxygens (including phenoxy) is 1. The first-order valence-electron chi connectivity index (χ1n) is 8.47. The van der Waals surface area contributed by atoms with Gasteiger partial charge in [0.05, 0.1) is 0 Å². The minimum atomic E-state index is -0.405. The van der Waals surface area contributed by atoms with Gasteiger partial charge in [-0.25, -0.2) is 5.48 Å². The lowest BCUT2D eigenvalue weighted by Crippen LogP contribution is -2.21. The summed E-state index contributed by atoms with van der Waals surface area (Å²) in [6, 6.07) is 15.2. The first-order chi connectivity index (χ1) is 12.5. The summed E-state index contributed by atoms with van der Waals surface area (Å²) in [6.07, 6.45) is 1.97. The van der Waals surface area contributed by atoms with E-state index in [4.69, 9.17) is 9.94 Å². The molecule has 6 nitrogen and oxygen atoms in total. The van der Waals surface area contributed by atoms with Crippen molar-refractivity contribution in [2.45, 2.75) is 25.7 Å². The Morgan fingerprint density at radius 3 is 1.77 bits per heavy atom. The van der Waals surface area contributed by atoms with Gasteiger partial charge in [-0.05, 0) is 48.2 Å². The number of aryl methyl sites for hydroxylation is 2. The summed E-state index contributed by atoms with van der Waals surface area (Å²) in [5.74, 6) is 1.13. The van der Waals surface area contributed by atoms with Crippen LogP contribution in [0.4, 0.5) is 0 Å². The Balaban J connectivity index is 1.86. The first-order valence-corrected chi connectivity index (χ1v) is 8.47. The van der Waals surface area contributed by atoms with Gasteiger partial charge in [0, 0.05) is 26.9 Å². The molecule has 0 aliphatic rings. The summed E-state index contributed by atoms with van der Waals surface area (Å²) in [5.41, 5.74) is 3.70. The van der Waals surface area contributed by atoms with E-state index in [1.54, 1.807) is 24.5 Å². The predicted molar refractivity (Wildman–Crippen MR) is 98.2 cm³/mol. The molecule has 138 valence electrons. The van der Waals surface area contributed by atoms with Crippen LogP contribution < -0.4 is 10.2 Å². The average Bonchev–Trinajstić information content (AvgIpc) is 2.66. The number of hydrogen-bond acceptors (Lipinski definition) is 4. The number of benzene rings is 2. The number of carbonyl (C=O) groups excluding carboxylic acids is 2. The molecule has 6 heteroatoms. The summed E-state index contributed by atoms with van der Waals surface area (Å²) >= 11 is 0. The van der Waals surface area contributed by atoms with Crippen molar-refractivity contribution in [2.75, 3.05) is 14.1 Å². The maximum atomic E-state index is 11.6. The van der Waals surface area contributed by atoms with Crippen LogP contribution in [-0.4, -0.2) is 36.0 Å². The van der Waals surface area contributed by atoms with Gasteiger partial charge in [0.1, 0.15) is 11.5 Å². The van der Waals surface area contributed by atoms with Crippen molar-refractivity contribution in [1.29, 1.82) is 0 Å². The van der Waals surface area contributed by atoms with E-state index >= 15 is 0 Å². The second-order valence-electron chi connectivity index (χ2n) is 6.21. The van der Waals surface area contributed by atoms with Crippen LogP contribution >= 0.6 is 0 Å². The highest BCUT2D eigenvalue weighted by Crippen LogP contribution is 2.22. The van der Waals surface area contributed by atoms with Crippen molar-refractivity contribution in [3.63, 3.8) is 0 Å². The molecule has 2 aromatic rings. The van der Waals surface area contributed by atoms with Crippen LogP contribution in [-0.2, 0) is 22.4 Å². The van der Waals surface area contributed by atoms with E-state index in [0.29, 0.717) is 25.0 Å². The van der Waals surface area contributed by atoms with Gasteiger partial charge in [0.15, 0.2) is 0 Å². The first kappa shape index (κ1) is 19.5. The number of amides is 2. The average molecular weight is 356 g/mol. The van der Waals surface area contributed by atoms with E-state index in [2.05, 4.69) is 0 Å². The molecule has 0 bridgehead atoms. The van der Waals surface area contributed by atoms with E-state index in [9.17, 15) is 9.59 Å². The largest absolute Gasteiger partial charge is 0.457 e. The molecule has 0 fully saturated rings. The van der Waals surface area contributed by atoms with Gasteiger partial charge in [-0.2, -0.15) is 0 Å². The zero-order valence-electron chi connectivity index (χ0n) is 15.1. The van der Waals surface area contributed by atoms with Crippen molar-refractivity contribution in [3.8, 4) is 11.5 Å². The van der Waals surface area contributed by atoms with Crippen LogP contribution in [0.3, 0.4) is 0 Å². The quantitative estimate of drug-likeness (QED) is 0.563. The number of hydroxylamine groups is 1. The fraction of sp³-hybridized carbons (Fsp3) is 0.300. The van der Waals surface area contributed by atoms with Crippen molar-refractivity contribution in [2.24, 2.45) is 0 Å². The Morgan fingerprint density at radius 1 is 0.885 bits per heavy atom. The second-order valence-corrected chi connectivity index (χ2v) is 6.21. The van der Waals surface area contributed by atoms with Crippen molar-refractivity contribution < 1.29 is 19.5 Å². The highest BCUT2D eigenvalue weighted by atomic mass is 16.5. The monoisotopic (exact) mass is 356 g/mol. The van der Waals surface area contributed by atoms with E-state index in [1.807, 2.05) is 48.5 Å².